The summed E-state index contributed by atoms with van der Waals surface area (Å²) in [5.74, 6) is 0.762. The van der Waals surface area contributed by atoms with Crippen LogP contribution in [0.2, 0.25) is 5.02 Å². The molecule has 0 bridgehead atoms. The topological polar surface area (TPSA) is 34.9 Å². The molecule has 21 heavy (non-hydrogen) atoms. The molecule has 0 radical (unpaired) electrons. The van der Waals surface area contributed by atoms with Crippen molar-refractivity contribution in [2.24, 2.45) is 0 Å². The van der Waals surface area contributed by atoms with Crippen molar-refractivity contribution in [1.29, 1.82) is 0 Å². The van der Waals surface area contributed by atoms with Gasteiger partial charge in [0.25, 0.3) is 0 Å². The summed E-state index contributed by atoms with van der Waals surface area (Å²) in [4.78, 5) is 15.6. The van der Waals surface area contributed by atoms with Gasteiger partial charge in [-0.25, -0.2) is 4.98 Å². The van der Waals surface area contributed by atoms with Crippen LogP contribution in [-0.4, -0.2) is 15.8 Å². The Balaban J connectivity index is 2.07. The lowest BCUT2D eigenvalue weighted by molar-refractivity contribution is 0.111. The van der Waals surface area contributed by atoms with Crippen LogP contribution < -0.4 is 0 Å². The average molecular weight is 297 g/mol. The summed E-state index contributed by atoms with van der Waals surface area (Å²) in [7, 11) is 0. The first kappa shape index (κ1) is 13.6. The number of aromatic nitrogens is 2. The molecule has 3 nitrogen and oxygen atoms in total. The third kappa shape index (κ3) is 2.73. The predicted octanol–water partition coefficient (Wildman–Crippen LogP) is 4.06. The van der Waals surface area contributed by atoms with Crippen LogP contribution in [0.4, 0.5) is 0 Å². The zero-order valence-electron chi connectivity index (χ0n) is 11.2. The van der Waals surface area contributed by atoms with E-state index in [1.807, 2.05) is 59.2 Å². The summed E-state index contributed by atoms with van der Waals surface area (Å²) in [5.41, 5.74) is 2.46. The second kappa shape index (κ2) is 5.94. The summed E-state index contributed by atoms with van der Waals surface area (Å²) >= 11 is 6.21. The zero-order chi connectivity index (χ0) is 14.7. The molecule has 0 fully saturated rings. The summed E-state index contributed by atoms with van der Waals surface area (Å²) in [6.45, 7) is 0.512. The largest absolute Gasteiger partial charge is 0.317 e. The summed E-state index contributed by atoms with van der Waals surface area (Å²) in [5, 5.41) is 0.682. The maximum atomic E-state index is 11.3. The van der Waals surface area contributed by atoms with Crippen molar-refractivity contribution in [2.45, 2.75) is 6.54 Å². The van der Waals surface area contributed by atoms with Crippen LogP contribution in [0.25, 0.3) is 11.4 Å². The lowest BCUT2D eigenvalue weighted by Crippen LogP contribution is -2.06. The van der Waals surface area contributed by atoms with Gasteiger partial charge in [0.1, 0.15) is 11.5 Å². The Morgan fingerprint density at radius 1 is 1.05 bits per heavy atom. The molecular formula is C17H13ClN2O. The molecule has 104 valence electrons. The van der Waals surface area contributed by atoms with Crippen LogP contribution in [0.1, 0.15) is 16.1 Å². The molecule has 3 rings (SSSR count). The highest BCUT2D eigenvalue weighted by Crippen LogP contribution is 2.23. The molecule has 3 aromatic rings. The van der Waals surface area contributed by atoms with E-state index in [1.165, 1.54) is 0 Å². The molecule has 1 heterocycles. The Morgan fingerprint density at radius 2 is 1.76 bits per heavy atom. The zero-order valence-corrected chi connectivity index (χ0v) is 12.0. The van der Waals surface area contributed by atoms with E-state index in [0.717, 1.165) is 23.2 Å². The standard InChI is InChI=1S/C17H13ClN2O/c18-16-9-5-4-8-14(16)11-20-15(12-21)10-19-17(20)13-6-2-1-3-7-13/h1-10,12H,11H2. The summed E-state index contributed by atoms with van der Waals surface area (Å²) in [6.07, 6.45) is 2.41. The van der Waals surface area contributed by atoms with Gasteiger partial charge < -0.3 is 4.57 Å². The number of imidazole rings is 1. The van der Waals surface area contributed by atoms with Gasteiger partial charge in [0.15, 0.2) is 6.29 Å². The van der Waals surface area contributed by atoms with E-state index < -0.39 is 0 Å². The lowest BCUT2D eigenvalue weighted by atomic mass is 10.2. The van der Waals surface area contributed by atoms with Crippen LogP contribution in [0, 0.1) is 0 Å². The lowest BCUT2D eigenvalue weighted by Gasteiger charge is -2.11. The SMILES string of the molecule is O=Cc1cnc(-c2ccccc2)n1Cc1ccccc1Cl. The minimum atomic E-state index is 0.512. The van der Waals surface area contributed by atoms with Gasteiger partial charge in [-0.3, -0.25) is 4.79 Å². The Hall–Kier alpha value is -2.39. The van der Waals surface area contributed by atoms with Crippen LogP contribution in [0.5, 0.6) is 0 Å². The quantitative estimate of drug-likeness (QED) is 0.680. The van der Waals surface area contributed by atoms with Crippen molar-refractivity contribution in [1.82, 2.24) is 9.55 Å². The molecule has 0 saturated heterocycles. The second-order valence-electron chi connectivity index (χ2n) is 4.67. The fourth-order valence-electron chi connectivity index (χ4n) is 2.26. The fourth-order valence-corrected chi connectivity index (χ4v) is 2.46. The second-order valence-corrected chi connectivity index (χ2v) is 5.08. The first-order valence-electron chi connectivity index (χ1n) is 6.59. The third-order valence-corrected chi connectivity index (χ3v) is 3.69. The first-order valence-corrected chi connectivity index (χ1v) is 6.97. The van der Waals surface area contributed by atoms with Crippen molar-refractivity contribution >= 4 is 17.9 Å². The maximum Gasteiger partial charge on any atom is 0.168 e. The maximum absolute atomic E-state index is 11.3. The van der Waals surface area contributed by atoms with Crippen LogP contribution in [0.15, 0.2) is 60.8 Å². The van der Waals surface area contributed by atoms with Crippen molar-refractivity contribution in [3.8, 4) is 11.4 Å². The number of rotatable bonds is 4. The van der Waals surface area contributed by atoms with Gasteiger partial charge in [-0.1, -0.05) is 60.1 Å². The molecule has 0 atom stereocenters. The number of carbonyl (C=O) groups is 1. The Labute approximate surface area is 127 Å². The Morgan fingerprint density at radius 3 is 2.48 bits per heavy atom. The first-order chi connectivity index (χ1) is 10.3. The molecule has 0 N–H and O–H groups in total. The number of hydrogen-bond acceptors (Lipinski definition) is 2. The van der Waals surface area contributed by atoms with Gasteiger partial charge in [0, 0.05) is 10.6 Å². The van der Waals surface area contributed by atoms with Crippen molar-refractivity contribution in [2.75, 3.05) is 0 Å². The van der Waals surface area contributed by atoms with Crippen molar-refractivity contribution in [3.63, 3.8) is 0 Å². The van der Waals surface area contributed by atoms with E-state index in [2.05, 4.69) is 4.98 Å². The average Bonchev–Trinajstić information content (AvgIpc) is 2.93. The van der Waals surface area contributed by atoms with Crippen LogP contribution >= 0.6 is 11.6 Å². The molecule has 4 heteroatoms. The summed E-state index contributed by atoms with van der Waals surface area (Å²) < 4.78 is 1.88. The molecule has 0 aliphatic carbocycles. The van der Waals surface area contributed by atoms with Crippen LogP contribution in [-0.2, 0) is 6.54 Å². The predicted molar refractivity (Wildman–Crippen MR) is 83.6 cm³/mol. The molecule has 0 aliphatic heterocycles. The van der Waals surface area contributed by atoms with E-state index in [4.69, 9.17) is 11.6 Å². The molecule has 0 amide bonds. The normalized spacial score (nSPS) is 10.5. The van der Waals surface area contributed by atoms with Gasteiger partial charge in [-0.05, 0) is 11.6 Å². The molecule has 0 unspecified atom stereocenters. The number of nitrogens with zero attached hydrogens (tertiary/aromatic N) is 2. The third-order valence-electron chi connectivity index (χ3n) is 3.33. The number of carbonyl (C=O) groups excluding carboxylic acids is 1. The molecule has 2 aromatic carbocycles. The van der Waals surface area contributed by atoms with E-state index in [1.54, 1.807) is 6.20 Å². The smallest absolute Gasteiger partial charge is 0.168 e. The Kier molecular flexibility index (Phi) is 3.84. The van der Waals surface area contributed by atoms with Crippen molar-refractivity contribution < 1.29 is 4.79 Å². The number of benzene rings is 2. The minimum absolute atomic E-state index is 0.512. The van der Waals surface area contributed by atoms with Gasteiger partial charge in [-0.2, -0.15) is 0 Å². The molecular weight excluding hydrogens is 284 g/mol. The Bertz CT molecular complexity index is 765. The fraction of sp³-hybridized carbons (Fsp3) is 0.0588. The van der Waals surface area contributed by atoms with E-state index in [0.29, 0.717) is 17.3 Å². The highest BCUT2D eigenvalue weighted by molar-refractivity contribution is 6.31. The minimum Gasteiger partial charge on any atom is -0.317 e. The van der Waals surface area contributed by atoms with Crippen LogP contribution in [0.3, 0.4) is 0 Å². The summed E-state index contributed by atoms with van der Waals surface area (Å²) in [6, 6.07) is 17.4. The van der Waals surface area contributed by atoms with Gasteiger partial charge in [0.2, 0.25) is 0 Å². The van der Waals surface area contributed by atoms with Crippen molar-refractivity contribution in [3.05, 3.63) is 77.1 Å². The van der Waals surface area contributed by atoms with Gasteiger partial charge >= 0.3 is 0 Å². The molecule has 1 aromatic heterocycles. The number of hydrogen-bond donors (Lipinski definition) is 0. The van der Waals surface area contributed by atoms with Gasteiger partial charge in [-0.15, -0.1) is 0 Å². The van der Waals surface area contributed by atoms with E-state index in [9.17, 15) is 4.79 Å². The van der Waals surface area contributed by atoms with E-state index >= 15 is 0 Å². The monoisotopic (exact) mass is 296 g/mol. The van der Waals surface area contributed by atoms with E-state index in [-0.39, 0.29) is 0 Å². The number of halogens is 1. The molecule has 0 aliphatic rings. The molecule has 0 saturated carbocycles. The highest BCUT2D eigenvalue weighted by Gasteiger charge is 2.12. The van der Waals surface area contributed by atoms with Gasteiger partial charge in [0.05, 0.1) is 12.7 Å². The highest BCUT2D eigenvalue weighted by atomic mass is 35.5. The molecule has 0 spiro atoms. The number of aldehydes is 1.